The van der Waals surface area contributed by atoms with E-state index in [0.717, 1.165) is 12.1 Å². The van der Waals surface area contributed by atoms with Crippen molar-refractivity contribution in [3.8, 4) is 0 Å². The first-order chi connectivity index (χ1) is 7.98. The maximum Gasteiger partial charge on any atom is 0.416 e. The van der Waals surface area contributed by atoms with Crippen molar-refractivity contribution in [2.45, 2.75) is 6.18 Å². The van der Waals surface area contributed by atoms with Gasteiger partial charge in [-0.15, -0.1) is 0 Å². The van der Waals surface area contributed by atoms with Crippen LogP contribution < -0.4 is 10.6 Å². The van der Waals surface area contributed by atoms with Crippen molar-refractivity contribution in [3.63, 3.8) is 0 Å². The molecule has 6 heteroatoms. The summed E-state index contributed by atoms with van der Waals surface area (Å²) in [6.45, 7) is 2.14. The Bertz CT molecular complexity index is 400. The molecule has 17 heavy (non-hydrogen) atoms. The fourth-order valence-electron chi connectivity index (χ4n) is 1.80. The first-order valence-electron chi connectivity index (χ1n) is 5.28. The van der Waals surface area contributed by atoms with Crippen LogP contribution in [0.15, 0.2) is 18.2 Å². The summed E-state index contributed by atoms with van der Waals surface area (Å²) in [5.74, 6) is 0. The molecule has 1 fully saturated rings. The summed E-state index contributed by atoms with van der Waals surface area (Å²) in [5, 5.41) is 0. The molecule has 1 aromatic carbocycles. The summed E-state index contributed by atoms with van der Waals surface area (Å²) >= 11 is 0. The zero-order chi connectivity index (χ0) is 12.5. The molecule has 0 spiro atoms. The van der Waals surface area contributed by atoms with E-state index in [-0.39, 0.29) is 0 Å². The molecule has 0 atom stereocenters. The van der Waals surface area contributed by atoms with E-state index >= 15 is 0 Å². The van der Waals surface area contributed by atoms with Crippen LogP contribution in [0.4, 0.5) is 24.5 Å². The van der Waals surface area contributed by atoms with E-state index in [1.165, 1.54) is 6.07 Å². The van der Waals surface area contributed by atoms with Crippen molar-refractivity contribution in [2.75, 3.05) is 36.9 Å². The minimum atomic E-state index is -4.34. The fourth-order valence-corrected chi connectivity index (χ4v) is 1.80. The van der Waals surface area contributed by atoms with Crippen molar-refractivity contribution in [1.82, 2.24) is 0 Å². The maximum absolute atomic E-state index is 12.6. The lowest BCUT2D eigenvalue weighted by molar-refractivity contribution is -0.137. The first-order valence-corrected chi connectivity index (χ1v) is 5.28. The van der Waals surface area contributed by atoms with Crippen molar-refractivity contribution in [1.29, 1.82) is 0 Å². The van der Waals surface area contributed by atoms with Gasteiger partial charge in [-0.2, -0.15) is 13.2 Å². The number of ether oxygens (including phenoxy) is 1. The number of nitrogen functional groups attached to an aromatic ring is 1. The molecular weight excluding hydrogens is 233 g/mol. The Hall–Kier alpha value is -1.43. The van der Waals surface area contributed by atoms with Gasteiger partial charge >= 0.3 is 6.18 Å². The van der Waals surface area contributed by atoms with Gasteiger partial charge in [0.15, 0.2) is 0 Å². The van der Waals surface area contributed by atoms with Crippen LogP contribution in [0.3, 0.4) is 0 Å². The van der Waals surface area contributed by atoms with E-state index in [1.807, 2.05) is 4.90 Å². The van der Waals surface area contributed by atoms with Crippen LogP contribution in [0.25, 0.3) is 0 Å². The monoisotopic (exact) mass is 246 g/mol. The number of alkyl halides is 3. The van der Waals surface area contributed by atoms with Crippen LogP contribution in [-0.4, -0.2) is 26.3 Å². The third-order valence-corrected chi connectivity index (χ3v) is 2.71. The number of halogens is 3. The van der Waals surface area contributed by atoms with Crippen molar-refractivity contribution in [2.24, 2.45) is 0 Å². The molecule has 1 aromatic rings. The molecule has 0 aliphatic carbocycles. The molecule has 94 valence electrons. The Balaban J connectivity index is 2.31. The zero-order valence-electron chi connectivity index (χ0n) is 9.13. The standard InChI is InChI=1S/C11H13F3N2O/c12-11(13,14)8-1-2-9(15)10(7-8)16-3-5-17-6-4-16/h1-2,7H,3-6,15H2. The largest absolute Gasteiger partial charge is 0.416 e. The summed E-state index contributed by atoms with van der Waals surface area (Å²) in [5.41, 5.74) is 5.84. The molecule has 1 aliphatic rings. The molecule has 1 aliphatic heterocycles. The second-order valence-electron chi connectivity index (χ2n) is 3.87. The second-order valence-corrected chi connectivity index (χ2v) is 3.87. The van der Waals surface area contributed by atoms with Gasteiger partial charge in [0, 0.05) is 13.1 Å². The molecule has 0 saturated carbocycles. The molecule has 0 amide bonds. The molecular formula is C11H13F3N2O. The molecule has 0 radical (unpaired) electrons. The predicted molar refractivity (Wildman–Crippen MR) is 58.9 cm³/mol. The van der Waals surface area contributed by atoms with E-state index in [4.69, 9.17) is 10.5 Å². The van der Waals surface area contributed by atoms with Gasteiger partial charge in [0.1, 0.15) is 0 Å². The Morgan fingerprint density at radius 1 is 1.18 bits per heavy atom. The summed E-state index contributed by atoms with van der Waals surface area (Å²) in [7, 11) is 0. The van der Waals surface area contributed by atoms with E-state index in [1.54, 1.807) is 0 Å². The smallest absolute Gasteiger partial charge is 0.397 e. The quantitative estimate of drug-likeness (QED) is 0.771. The molecule has 2 rings (SSSR count). The Morgan fingerprint density at radius 2 is 1.82 bits per heavy atom. The number of nitrogens with two attached hydrogens (primary N) is 1. The third kappa shape index (κ3) is 2.63. The van der Waals surface area contributed by atoms with Gasteiger partial charge in [0.25, 0.3) is 0 Å². The second kappa shape index (κ2) is 4.44. The highest BCUT2D eigenvalue weighted by molar-refractivity contribution is 5.69. The number of morpholine rings is 1. The summed E-state index contributed by atoms with van der Waals surface area (Å²) in [6, 6.07) is 3.40. The lowest BCUT2D eigenvalue weighted by Gasteiger charge is -2.30. The SMILES string of the molecule is Nc1ccc(C(F)(F)F)cc1N1CCOCC1. The van der Waals surface area contributed by atoms with Gasteiger partial charge in [-0.3, -0.25) is 0 Å². The van der Waals surface area contributed by atoms with E-state index < -0.39 is 11.7 Å². The van der Waals surface area contributed by atoms with Crippen LogP contribution >= 0.6 is 0 Å². The predicted octanol–water partition coefficient (Wildman–Crippen LogP) is 2.12. The summed E-state index contributed by atoms with van der Waals surface area (Å²) in [4.78, 5) is 1.81. The van der Waals surface area contributed by atoms with Crippen LogP contribution in [0, 0.1) is 0 Å². The number of rotatable bonds is 1. The Morgan fingerprint density at radius 3 is 2.41 bits per heavy atom. The Labute approximate surface area is 97.0 Å². The van der Waals surface area contributed by atoms with Crippen LogP contribution in [0.5, 0.6) is 0 Å². The third-order valence-electron chi connectivity index (χ3n) is 2.71. The van der Waals surface area contributed by atoms with Gasteiger partial charge in [-0.25, -0.2) is 0 Å². The van der Waals surface area contributed by atoms with Crippen molar-refractivity contribution in [3.05, 3.63) is 23.8 Å². The van der Waals surface area contributed by atoms with Gasteiger partial charge in [0.2, 0.25) is 0 Å². The van der Waals surface area contributed by atoms with Crippen LogP contribution in [0.2, 0.25) is 0 Å². The molecule has 3 nitrogen and oxygen atoms in total. The summed E-state index contributed by atoms with van der Waals surface area (Å²) in [6.07, 6.45) is -4.34. The number of anilines is 2. The van der Waals surface area contributed by atoms with Crippen molar-refractivity contribution >= 4 is 11.4 Å². The van der Waals surface area contributed by atoms with E-state index in [0.29, 0.717) is 37.7 Å². The van der Waals surface area contributed by atoms with E-state index in [2.05, 4.69) is 0 Å². The molecule has 0 unspecified atom stereocenters. The van der Waals surface area contributed by atoms with Gasteiger partial charge in [-0.05, 0) is 18.2 Å². The van der Waals surface area contributed by atoms with E-state index in [9.17, 15) is 13.2 Å². The lowest BCUT2D eigenvalue weighted by atomic mass is 10.1. The number of hydrogen-bond donors (Lipinski definition) is 1. The van der Waals surface area contributed by atoms with Crippen LogP contribution in [-0.2, 0) is 10.9 Å². The van der Waals surface area contributed by atoms with Gasteiger partial charge in [-0.1, -0.05) is 0 Å². The number of benzene rings is 1. The van der Waals surface area contributed by atoms with Gasteiger partial charge in [0.05, 0.1) is 30.2 Å². The van der Waals surface area contributed by atoms with Crippen molar-refractivity contribution < 1.29 is 17.9 Å². The maximum atomic E-state index is 12.6. The highest BCUT2D eigenvalue weighted by atomic mass is 19.4. The average molecular weight is 246 g/mol. The Kier molecular flexibility index (Phi) is 3.15. The molecule has 0 aromatic heterocycles. The number of hydrogen-bond acceptors (Lipinski definition) is 3. The highest BCUT2D eigenvalue weighted by Crippen LogP contribution is 2.34. The number of nitrogens with zero attached hydrogens (tertiary/aromatic N) is 1. The fraction of sp³-hybridized carbons (Fsp3) is 0.455. The summed E-state index contributed by atoms with van der Waals surface area (Å²) < 4.78 is 42.9. The highest BCUT2D eigenvalue weighted by Gasteiger charge is 2.31. The topological polar surface area (TPSA) is 38.5 Å². The molecule has 0 bridgehead atoms. The first kappa shape index (κ1) is 12.0. The van der Waals surface area contributed by atoms with Gasteiger partial charge < -0.3 is 15.4 Å². The minimum Gasteiger partial charge on any atom is -0.397 e. The molecule has 1 heterocycles. The normalized spacial score (nSPS) is 17.2. The molecule has 2 N–H and O–H groups in total. The average Bonchev–Trinajstić information content (AvgIpc) is 2.29. The zero-order valence-corrected chi connectivity index (χ0v) is 9.13. The van der Waals surface area contributed by atoms with Crippen LogP contribution in [0.1, 0.15) is 5.56 Å². The molecule has 1 saturated heterocycles. The lowest BCUT2D eigenvalue weighted by Crippen LogP contribution is -2.36. The minimum absolute atomic E-state index is 0.361.